The number of ether oxygens (including phenoxy) is 1. The second-order valence-corrected chi connectivity index (χ2v) is 6.54. The van der Waals surface area contributed by atoms with Gasteiger partial charge in [-0.3, -0.25) is 4.79 Å². The smallest absolute Gasteiger partial charge is 0.226 e. The molecule has 0 spiro atoms. The van der Waals surface area contributed by atoms with Crippen LogP contribution in [0.15, 0.2) is 72.8 Å². The van der Waals surface area contributed by atoms with Crippen molar-refractivity contribution in [3.63, 3.8) is 0 Å². The van der Waals surface area contributed by atoms with Crippen molar-refractivity contribution in [1.82, 2.24) is 0 Å². The molecule has 0 saturated heterocycles. The van der Waals surface area contributed by atoms with Crippen LogP contribution in [0.4, 0.5) is 5.69 Å². The second-order valence-electron chi connectivity index (χ2n) is 6.54. The first-order chi connectivity index (χ1) is 12.8. The molecule has 3 heteroatoms. The maximum atomic E-state index is 12.2. The normalized spacial score (nSPS) is 11.7. The maximum absolute atomic E-state index is 12.2. The molecule has 0 aromatic heterocycles. The fourth-order valence-electron chi connectivity index (χ4n) is 3.38. The Labute approximate surface area is 153 Å². The zero-order chi connectivity index (χ0) is 17.8. The van der Waals surface area contributed by atoms with Crippen LogP contribution in [0.1, 0.15) is 23.1 Å². The van der Waals surface area contributed by atoms with Crippen LogP contribution in [0, 0.1) is 0 Å². The number of nitrogens with one attached hydrogen (secondary N) is 1. The number of rotatable bonds is 6. The van der Waals surface area contributed by atoms with Gasteiger partial charge in [-0.2, -0.15) is 0 Å². The highest BCUT2D eigenvalue weighted by Crippen LogP contribution is 2.37. The van der Waals surface area contributed by atoms with Gasteiger partial charge in [-0.25, -0.2) is 0 Å². The molecule has 26 heavy (non-hydrogen) atoms. The van der Waals surface area contributed by atoms with Crippen LogP contribution in [0.3, 0.4) is 0 Å². The molecule has 0 bridgehead atoms. The quantitative estimate of drug-likeness (QED) is 0.511. The predicted molar refractivity (Wildman–Crippen MR) is 104 cm³/mol. The van der Waals surface area contributed by atoms with Gasteiger partial charge in [0.25, 0.3) is 0 Å². The summed E-state index contributed by atoms with van der Waals surface area (Å²) < 4.78 is 5.58. The molecule has 1 aliphatic carbocycles. The van der Waals surface area contributed by atoms with E-state index in [1.165, 1.54) is 22.3 Å². The van der Waals surface area contributed by atoms with Gasteiger partial charge in [0, 0.05) is 5.69 Å². The van der Waals surface area contributed by atoms with Gasteiger partial charge in [0.1, 0.15) is 0 Å². The van der Waals surface area contributed by atoms with Crippen molar-refractivity contribution in [3.05, 3.63) is 89.5 Å². The van der Waals surface area contributed by atoms with E-state index in [2.05, 4.69) is 41.7 Å². The van der Waals surface area contributed by atoms with Gasteiger partial charge >= 0.3 is 0 Å². The van der Waals surface area contributed by atoms with E-state index in [-0.39, 0.29) is 5.91 Å². The average molecular weight is 343 g/mol. The number of hydrogen-bond donors (Lipinski definition) is 1. The van der Waals surface area contributed by atoms with E-state index in [0.717, 1.165) is 17.7 Å². The van der Waals surface area contributed by atoms with Crippen molar-refractivity contribution in [2.75, 3.05) is 11.9 Å². The molecular weight excluding hydrogens is 322 g/mol. The van der Waals surface area contributed by atoms with E-state index in [4.69, 9.17) is 4.74 Å². The van der Waals surface area contributed by atoms with Crippen LogP contribution in [0.25, 0.3) is 11.1 Å². The number of anilines is 1. The Bertz CT molecular complexity index is 919. The van der Waals surface area contributed by atoms with Crippen LogP contribution in [-0.2, 0) is 22.6 Å². The summed E-state index contributed by atoms with van der Waals surface area (Å²) in [4.78, 5) is 12.2. The van der Waals surface area contributed by atoms with Gasteiger partial charge in [-0.15, -0.1) is 0 Å². The van der Waals surface area contributed by atoms with Crippen LogP contribution in [0.5, 0.6) is 0 Å². The molecule has 0 atom stereocenters. The molecule has 3 aromatic rings. The SMILES string of the molecule is O=C(CCOCc1ccccc1)Nc1ccc2c(c1)Cc1ccccc1-2. The Morgan fingerprint density at radius 1 is 0.885 bits per heavy atom. The molecule has 4 rings (SSSR count). The van der Waals surface area contributed by atoms with Crippen LogP contribution < -0.4 is 5.32 Å². The minimum atomic E-state index is -0.0199. The van der Waals surface area contributed by atoms with E-state index in [9.17, 15) is 4.79 Å². The summed E-state index contributed by atoms with van der Waals surface area (Å²) in [6.45, 7) is 0.947. The molecule has 3 nitrogen and oxygen atoms in total. The molecule has 0 saturated carbocycles. The van der Waals surface area contributed by atoms with Crippen molar-refractivity contribution in [2.24, 2.45) is 0 Å². The van der Waals surface area contributed by atoms with E-state index >= 15 is 0 Å². The van der Waals surface area contributed by atoms with Crippen molar-refractivity contribution < 1.29 is 9.53 Å². The molecule has 1 aliphatic rings. The van der Waals surface area contributed by atoms with Gasteiger partial charge in [0.05, 0.1) is 19.6 Å². The second kappa shape index (κ2) is 7.54. The van der Waals surface area contributed by atoms with Gasteiger partial charge in [0.2, 0.25) is 5.91 Å². The molecule has 0 radical (unpaired) electrons. The molecule has 0 heterocycles. The van der Waals surface area contributed by atoms with Crippen LogP contribution in [0.2, 0.25) is 0 Å². The first-order valence-corrected chi connectivity index (χ1v) is 8.92. The highest BCUT2D eigenvalue weighted by molar-refractivity contribution is 5.91. The first-order valence-electron chi connectivity index (χ1n) is 8.92. The monoisotopic (exact) mass is 343 g/mol. The van der Waals surface area contributed by atoms with Gasteiger partial charge < -0.3 is 10.1 Å². The fraction of sp³-hybridized carbons (Fsp3) is 0.174. The summed E-state index contributed by atoms with van der Waals surface area (Å²) in [5.74, 6) is -0.0199. The Kier molecular flexibility index (Phi) is 4.80. The third-order valence-corrected chi connectivity index (χ3v) is 4.66. The number of benzene rings is 3. The summed E-state index contributed by atoms with van der Waals surface area (Å²) in [7, 11) is 0. The summed E-state index contributed by atoms with van der Waals surface area (Å²) in [5, 5.41) is 2.98. The van der Waals surface area contributed by atoms with E-state index in [0.29, 0.717) is 19.6 Å². The Hall–Kier alpha value is -2.91. The minimum absolute atomic E-state index is 0.0199. The number of hydrogen-bond acceptors (Lipinski definition) is 2. The fourth-order valence-corrected chi connectivity index (χ4v) is 3.38. The lowest BCUT2D eigenvalue weighted by Crippen LogP contribution is -2.14. The molecule has 130 valence electrons. The van der Waals surface area contributed by atoms with Gasteiger partial charge in [-0.05, 0) is 46.4 Å². The molecule has 0 unspecified atom stereocenters. The summed E-state index contributed by atoms with van der Waals surface area (Å²) in [6.07, 6.45) is 1.28. The predicted octanol–water partition coefficient (Wildman–Crippen LogP) is 4.80. The maximum Gasteiger partial charge on any atom is 0.226 e. The molecule has 3 aromatic carbocycles. The lowest BCUT2D eigenvalue weighted by atomic mass is 10.1. The largest absolute Gasteiger partial charge is 0.376 e. The Morgan fingerprint density at radius 2 is 1.65 bits per heavy atom. The van der Waals surface area contributed by atoms with E-state index < -0.39 is 0 Å². The lowest BCUT2D eigenvalue weighted by Gasteiger charge is -2.08. The van der Waals surface area contributed by atoms with E-state index in [1.807, 2.05) is 36.4 Å². The molecular formula is C23H21NO2. The molecule has 0 aliphatic heterocycles. The van der Waals surface area contributed by atoms with E-state index in [1.54, 1.807) is 0 Å². The number of amides is 1. The number of carbonyl (C=O) groups excluding carboxylic acids is 1. The lowest BCUT2D eigenvalue weighted by molar-refractivity contribution is -0.117. The Balaban J connectivity index is 1.29. The first kappa shape index (κ1) is 16.6. The zero-order valence-electron chi connectivity index (χ0n) is 14.6. The third-order valence-electron chi connectivity index (χ3n) is 4.66. The number of carbonyl (C=O) groups is 1. The molecule has 1 N–H and O–H groups in total. The topological polar surface area (TPSA) is 38.3 Å². The van der Waals surface area contributed by atoms with Crippen molar-refractivity contribution in [3.8, 4) is 11.1 Å². The Morgan fingerprint density at radius 3 is 2.54 bits per heavy atom. The number of fused-ring (bicyclic) bond motifs is 3. The van der Waals surface area contributed by atoms with Crippen LogP contribution >= 0.6 is 0 Å². The highest BCUT2D eigenvalue weighted by atomic mass is 16.5. The highest BCUT2D eigenvalue weighted by Gasteiger charge is 2.18. The van der Waals surface area contributed by atoms with Crippen molar-refractivity contribution in [1.29, 1.82) is 0 Å². The summed E-state index contributed by atoms with van der Waals surface area (Å²) in [6, 6.07) is 24.6. The minimum Gasteiger partial charge on any atom is -0.376 e. The summed E-state index contributed by atoms with van der Waals surface area (Å²) >= 11 is 0. The third kappa shape index (κ3) is 3.68. The zero-order valence-corrected chi connectivity index (χ0v) is 14.6. The average Bonchev–Trinajstić information content (AvgIpc) is 3.04. The van der Waals surface area contributed by atoms with Gasteiger partial charge in [-0.1, -0.05) is 60.7 Å². The van der Waals surface area contributed by atoms with Crippen molar-refractivity contribution in [2.45, 2.75) is 19.4 Å². The summed E-state index contributed by atoms with van der Waals surface area (Å²) in [5.41, 5.74) is 7.15. The molecule has 0 fully saturated rings. The molecule has 1 amide bonds. The van der Waals surface area contributed by atoms with Crippen molar-refractivity contribution >= 4 is 11.6 Å². The van der Waals surface area contributed by atoms with Gasteiger partial charge in [0.15, 0.2) is 0 Å². The standard InChI is InChI=1S/C23H21NO2/c25-23(12-13-26-16-17-6-2-1-3-7-17)24-20-10-11-22-19(15-20)14-18-8-4-5-9-21(18)22/h1-11,15H,12-14,16H2,(H,24,25). The van der Waals surface area contributed by atoms with Crippen LogP contribution in [-0.4, -0.2) is 12.5 Å².